The van der Waals surface area contributed by atoms with Crippen LogP contribution in [0.1, 0.15) is 63.8 Å². The third-order valence-corrected chi connectivity index (χ3v) is 4.36. The van der Waals surface area contributed by atoms with Gasteiger partial charge in [0.1, 0.15) is 5.75 Å². The van der Waals surface area contributed by atoms with E-state index in [-0.39, 0.29) is 5.41 Å². The van der Waals surface area contributed by atoms with Crippen LogP contribution in [-0.4, -0.2) is 22.1 Å². The van der Waals surface area contributed by atoms with Gasteiger partial charge >= 0.3 is 0 Å². The van der Waals surface area contributed by atoms with Gasteiger partial charge in [0.25, 0.3) is 0 Å². The van der Waals surface area contributed by atoms with E-state index < -0.39 is 0 Å². The largest absolute Gasteiger partial charge is 0.496 e. The Morgan fingerprint density at radius 2 is 1.96 bits per heavy atom. The van der Waals surface area contributed by atoms with Crippen molar-refractivity contribution < 1.29 is 4.74 Å². The van der Waals surface area contributed by atoms with Gasteiger partial charge in [0.2, 0.25) is 0 Å². The average Bonchev–Trinajstić information content (AvgIpc) is 2.99. The van der Waals surface area contributed by atoms with Crippen molar-refractivity contribution in [3.63, 3.8) is 0 Å². The molecule has 0 amide bonds. The van der Waals surface area contributed by atoms with E-state index in [1.807, 2.05) is 4.68 Å². The predicted molar refractivity (Wildman–Crippen MR) is 94.1 cm³/mol. The van der Waals surface area contributed by atoms with Crippen LogP contribution in [0, 0.1) is 0 Å². The molecule has 0 aliphatic heterocycles. The second kappa shape index (κ2) is 7.16. The van der Waals surface area contributed by atoms with Crippen LogP contribution < -0.4 is 4.74 Å². The second-order valence-electron chi connectivity index (χ2n) is 7.08. The van der Waals surface area contributed by atoms with Gasteiger partial charge in [-0.15, -0.1) is 5.10 Å². The SMILES string of the molecule is CCC(Cc1cn(CC)nn1)c1ccc(OC)c(C(C)(C)C)c1. The Kier molecular flexibility index (Phi) is 5.45. The Balaban J connectivity index is 2.30. The summed E-state index contributed by atoms with van der Waals surface area (Å²) in [6, 6.07) is 6.59. The molecule has 0 saturated carbocycles. The summed E-state index contributed by atoms with van der Waals surface area (Å²) in [5, 5.41) is 8.44. The van der Waals surface area contributed by atoms with E-state index in [9.17, 15) is 0 Å². The van der Waals surface area contributed by atoms with Gasteiger partial charge in [-0.2, -0.15) is 0 Å². The van der Waals surface area contributed by atoms with Crippen molar-refractivity contribution in [3.05, 3.63) is 41.2 Å². The summed E-state index contributed by atoms with van der Waals surface area (Å²) in [6.07, 6.45) is 4.05. The van der Waals surface area contributed by atoms with Crippen LogP contribution in [-0.2, 0) is 18.4 Å². The molecule has 0 saturated heterocycles. The molecule has 1 unspecified atom stereocenters. The maximum atomic E-state index is 5.55. The molecule has 0 radical (unpaired) electrons. The monoisotopic (exact) mass is 315 g/mol. The fourth-order valence-electron chi connectivity index (χ4n) is 2.90. The first-order valence-corrected chi connectivity index (χ1v) is 8.46. The van der Waals surface area contributed by atoms with Crippen LogP contribution in [0.2, 0.25) is 0 Å². The number of rotatable bonds is 6. The van der Waals surface area contributed by atoms with Crippen molar-refractivity contribution in [2.75, 3.05) is 7.11 Å². The van der Waals surface area contributed by atoms with Gasteiger partial charge < -0.3 is 4.74 Å². The number of hydrogen-bond acceptors (Lipinski definition) is 3. The molecule has 0 aliphatic carbocycles. The first kappa shape index (κ1) is 17.5. The van der Waals surface area contributed by atoms with E-state index in [1.165, 1.54) is 11.1 Å². The molecule has 0 fully saturated rings. The van der Waals surface area contributed by atoms with Gasteiger partial charge in [-0.3, -0.25) is 4.68 Å². The molecule has 126 valence electrons. The number of nitrogens with zero attached hydrogens (tertiary/aromatic N) is 3. The fraction of sp³-hybridized carbons (Fsp3) is 0.579. The van der Waals surface area contributed by atoms with E-state index in [4.69, 9.17) is 4.74 Å². The van der Waals surface area contributed by atoms with E-state index in [0.717, 1.165) is 30.8 Å². The average molecular weight is 315 g/mol. The molecule has 1 aromatic carbocycles. The summed E-state index contributed by atoms with van der Waals surface area (Å²) in [5.41, 5.74) is 3.73. The lowest BCUT2D eigenvalue weighted by molar-refractivity contribution is 0.397. The van der Waals surface area contributed by atoms with E-state index in [0.29, 0.717) is 5.92 Å². The number of hydrogen-bond donors (Lipinski definition) is 0. The second-order valence-corrected chi connectivity index (χ2v) is 7.08. The summed E-state index contributed by atoms with van der Waals surface area (Å²) in [5.74, 6) is 1.41. The molecule has 0 N–H and O–H groups in total. The lowest BCUT2D eigenvalue weighted by Gasteiger charge is -2.24. The highest BCUT2D eigenvalue weighted by Crippen LogP contribution is 2.35. The zero-order valence-electron chi connectivity index (χ0n) is 15.3. The topological polar surface area (TPSA) is 39.9 Å². The standard InChI is InChI=1S/C19H29N3O/c1-7-14(11-16-13-22(8-2)21-20-16)15-9-10-18(23-6)17(12-15)19(3,4)5/h9-10,12-14H,7-8,11H2,1-6H3. The molecule has 1 heterocycles. The summed E-state index contributed by atoms with van der Waals surface area (Å²) < 4.78 is 7.44. The number of aryl methyl sites for hydroxylation is 1. The van der Waals surface area contributed by atoms with Crippen molar-refractivity contribution in [1.82, 2.24) is 15.0 Å². The van der Waals surface area contributed by atoms with E-state index in [2.05, 4.69) is 69.3 Å². The Labute approximate surface area is 139 Å². The zero-order valence-corrected chi connectivity index (χ0v) is 15.3. The van der Waals surface area contributed by atoms with Crippen molar-refractivity contribution in [2.24, 2.45) is 0 Å². The first-order valence-electron chi connectivity index (χ1n) is 8.46. The molecule has 1 aromatic heterocycles. The minimum absolute atomic E-state index is 0.0605. The molecule has 23 heavy (non-hydrogen) atoms. The highest BCUT2D eigenvalue weighted by atomic mass is 16.5. The lowest BCUT2D eigenvalue weighted by Crippen LogP contribution is -2.14. The van der Waals surface area contributed by atoms with Crippen LogP contribution in [0.3, 0.4) is 0 Å². The third-order valence-electron chi connectivity index (χ3n) is 4.36. The molecule has 0 spiro atoms. The van der Waals surface area contributed by atoms with Crippen molar-refractivity contribution in [1.29, 1.82) is 0 Å². The van der Waals surface area contributed by atoms with Crippen LogP contribution >= 0.6 is 0 Å². The molecule has 0 bridgehead atoms. The van der Waals surface area contributed by atoms with Gasteiger partial charge in [0, 0.05) is 12.7 Å². The molecule has 4 nitrogen and oxygen atoms in total. The zero-order chi connectivity index (χ0) is 17.0. The minimum atomic E-state index is 0.0605. The summed E-state index contributed by atoms with van der Waals surface area (Å²) in [6.45, 7) is 11.8. The first-order chi connectivity index (χ1) is 10.9. The predicted octanol–water partition coefficient (Wildman–Crippen LogP) is 4.34. The Morgan fingerprint density at radius 3 is 2.48 bits per heavy atom. The number of benzene rings is 1. The van der Waals surface area contributed by atoms with Gasteiger partial charge in [0.05, 0.1) is 12.8 Å². The lowest BCUT2D eigenvalue weighted by atomic mass is 9.82. The summed E-state index contributed by atoms with van der Waals surface area (Å²) in [4.78, 5) is 0. The third kappa shape index (κ3) is 4.12. The van der Waals surface area contributed by atoms with Gasteiger partial charge in [-0.05, 0) is 48.3 Å². The van der Waals surface area contributed by atoms with Gasteiger partial charge in [0.15, 0.2) is 0 Å². The molecule has 0 aliphatic rings. The van der Waals surface area contributed by atoms with Crippen LogP contribution in [0.15, 0.2) is 24.4 Å². The van der Waals surface area contributed by atoms with E-state index in [1.54, 1.807) is 7.11 Å². The van der Waals surface area contributed by atoms with Crippen molar-refractivity contribution in [2.45, 2.75) is 65.3 Å². The minimum Gasteiger partial charge on any atom is -0.496 e. The fourth-order valence-corrected chi connectivity index (χ4v) is 2.90. The van der Waals surface area contributed by atoms with Crippen molar-refractivity contribution >= 4 is 0 Å². The number of methoxy groups -OCH3 is 1. The molecule has 1 atom stereocenters. The normalized spacial score (nSPS) is 13.1. The number of ether oxygens (including phenoxy) is 1. The van der Waals surface area contributed by atoms with Gasteiger partial charge in [-0.25, -0.2) is 0 Å². The van der Waals surface area contributed by atoms with Crippen molar-refractivity contribution in [3.8, 4) is 5.75 Å². The molecular formula is C19H29N3O. The highest BCUT2D eigenvalue weighted by molar-refractivity contribution is 5.42. The summed E-state index contributed by atoms with van der Waals surface area (Å²) in [7, 11) is 1.74. The van der Waals surface area contributed by atoms with Gasteiger partial charge in [-0.1, -0.05) is 45.0 Å². The maximum absolute atomic E-state index is 5.55. The Bertz CT molecular complexity index is 640. The molecule has 4 heteroatoms. The highest BCUT2D eigenvalue weighted by Gasteiger charge is 2.21. The molecule has 2 rings (SSSR count). The van der Waals surface area contributed by atoms with Crippen LogP contribution in [0.5, 0.6) is 5.75 Å². The maximum Gasteiger partial charge on any atom is 0.122 e. The smallest absolute Gasteiger partial charge is 0.122 e. The molecular weight excluding hydrogens is 286 g/mol. The van der Waals surface area contributed by atoms with Crippen LogP contribution in [0.25, 0.3) is 0 Å². The quantitative estimate of drug-likeness (QED) is 0.796. The summed E-state index contributed by atoms with van der Waals surface area (Å²) >= 11 is 0. The molecule has 2 aromatic rings. The Hall–Kier alpha value is -1.84. The number of aromatic nitrogens is 3. The van der Waals surface area contributed by atoms with E-state index >= 15 is 0 Å². The Morgan fingerprint density at radius 1 is 1.22 bits per heavy atom. The van der Waals surface area contributed by atoms with Crippen LogP contribution in [0.4, 0.5) is 0 Å².